The van der Waals surface area contributed by atoms with Gasteiger partial charge in [0.15, 0.2) is 5.78 Å². The first-order valence-electron chi connectivity index (χ1n) is 10.6. The quantitative estimate of drug-likeness (QED) is 0.445. The number of para-hydroxylation sites is 2. The molecule has 0 saturated carbocycles. The SMILES string of the molecule is O=C(NCc1ccc(-n2cnc3ccccc32)nc1)c1ccc2c(c1)C(=O)c1ccccc1-2. The first-order valence-corrected chi connectivity index (χ1v) is 10.6. The van der Waals surface area contributed by atoms with Crippen LogP contribution < -0.4 is 5.32 Å². The van der Waals surface area contributed by atoms with Gasteiger partial charge in [0.05, 0.1) is 11.0 Å². The zero-order valence-corrected chi connectivity index (χ0v) is 17.5. The van der Waals surface area contributed by atoms with Gasteiger partial charge < -0.3 is 5.32 Å². The highest BCUT2D eigenvalue weighted by Gasteiger charge is 2.27. The average Bonchev–Trinajstić information content (AvgIpc) is 3.42. The second-order valence-corrected chi connectivity index (χ2v) is 7.95. The molecule has 0 spiro atoms. The first kappa shape index (κ1) is 19.1. The summed E-state index contributed by atoms with van der Waals surface area (Å²) in [6, 6.07) is 24.5. The zero-order valence-electron chi connectivity index (χ0n) is 17.5. The first-order chi connectivity index (χ1) is 16.2. The summed E-state index contributed by atoms with van der Waals surface area (Å²) in [6.07, 6.45) is 3.50. The molecule has 1 aliphatic carbocycles. The molecule has 6 nitrogen and oxygen atoms in total. The third-order valence-corrected chi connectivity index (χ3v) is 5.95. The fourth-order valence-corrected chi connectivity index (χ4v) is 4.26. The fourth-order valence-electron chi connectivity index (χ4n) is 4.26. The van der Waals surface area contributed by atoms with E-state index in [-0.39, 0.29) is 11.7 Å². The number of imidazole rings is 1. The molecule has 6 rings (SSSR count). The normalized spacial score (nSPS) is 11.9. The van der Waals surface area contributed by atoms with E-state index in [9.17, 15) is 9.59 Å². The number of aromatic nitrogens is 3. The van der Waals surface area contributed by atoms with E-state index in [0.717, 1.165) is 33.5 Å². The maximum absolute atomic E-state index is 12.7. The van der Waals surface area contributed by atoms with Gasteiger partial charge in [-0.2, -0.15) is 0 Å². The Hall–Kier alpha value is -4.58. The molecule has 1 aliphatic rings. The molecule has 2 aromatic heterocycles. The van der Waals surface area contributed by atoms with Crippen molar-refractivity contribution in [3.63, 3.8) is 0 Å². The lowest BCUT2D eigenvalue weighted by Gasteiger charge is -2.08. The lowest BCUT2D eigenvalue weighted by Crippen LogP contribution is -2.23. The van der Waals surface area contributed by atoms with Gasteiger partial charge in [0, 0.05) is 29.4 Å². The Morgan fingerprint density at radius 2 is 1.61 bits per heavy atom. The summed E-state index contributed by atoms with van der Waals surface area (Å²) in [4.78, 5) is 34.4. The van der Waals surface area contributed by atoms with Crippen LogP contribution in [0.25, 0.3) is 28.0 Å². The van der Waals surface area contributed by atoms with Gasteiger partial charge in [-0.15, -0.1) is 0 Å². The summed E-state index contributed by atoms with van der Waals surface area (Å²) in [5, 5.41) is 2.92. The van der Waals surface area contributed by atoms with Crippen LogP contribution in [0.3, 0.4) is 0 Å². The maximum Gasteiger partial charge on any atom is 0.251 e. The molecular formula is C27H18N4O2. The molecule has 158 valence electrons. The van der Waals surface area contributed by atoms with Gasteiger partial charge in [-0.1, -0.05) is 48.5 Å². The number of hydrogen-bond acceptors (Lipinski definition) is 4. The zero-order chi connectivity index (χ0) is 22.4. The van der Waals surface area contributed by atoms with Gasteiger partial charge in [0.2, 0.25) is 0 Å². The molecule has 0 saturated heterocycles. The van der Waals surface area contributed by atoms with Gasteiger partial charge in [0.25, 0.3) is 5.91 Å². The summed E-state index contributed by atoms with van der Waals surface area (Å²) in [5.41, 5.74) is 6.28. The van der Waals surface area contributed by atoms with Gasteiger partial charge in [-0.05, 0) is 47.0 Å². The fraction of sp³-hybridized carbons (Fsp3) is 0.0370. The van der Waals surface area contributed by atoms with Crippen LogP contribution in [0.2, 0.25) is 0 Å². The highest BCUT2D eigenvalue weighted by Crippen LogP contribution is 2.36. The number of amides is 1. The van der Waals surface area contributed by atoms with Crippen LogP contribution in [0.4, 0.5) is 0 Å². The number of benzene rings is 3. The van der Waals surface area contributed by atoms with Crippen molar-refractivity contribution < 1.29 is 9.59 Å². The predicted octanol–water partition coefficient (Wildman–Crippen LogP) is 4.56. The van der Waals surface area contributed by atoms with Crippen LogP contribution in [0, 0.1) is 0 Å². The van der Waals surface area contributed by atoms with E-state index in [4.69, 9.17) is 0 Å². The van der Waals surface area contributed by atoms with Crippen molar-refractivity contribution in [1.29, 1.82) is 0 Å². The Morgan fingerprint density at radius 1 is 0.818 bits per heavy atom. The highest BCUT2D eigenvalue weighted by molar-refractivity contribution is 6.22. The Bertz CT molecular complexity index is 1550. The Balaban J connectivity index is 1.17. The minimum Gasteiger partial charge on any atom is -0.348 e. The van der Waals surface area contributed by atoms with Gasteiger partial charge in [-0.3, -0.25) is 14.2 Å². The summed E-state index contributed by atoms with van der Waals surface area (Å²) in [5.74, 6) is 0.490. The number of ketones is 1. The second-order valence-electron chi connectivity index (χ2n) is 7.95. The van der Waals surface area contributed by atoms with Crippen LogP contribution in [-0.2, 0) is 6.54 Å². The van der Waals surface area contributed by atoms with Crippen molar-refractivity contribution >= 4 is 22.7 Å². The van der Waals surface area contributed by atoms with Crippen LogP contribution in [0.1, 0.15) is 31.8 Å². The average molecular weight is 430 g/mol. The third kappa shape index (κ3) is 3.20. The van der Waals surface area contributed by atoms with Gasteiger partial charge in [-0.25, -0.2) is 9.97 Å². The van der Waals surface area contributed by atoms with E-state index in [0.29, 0.717) is 23.2 Å². The van der Waals surface area contributed by atoms with Crippen molar-refractivity contribution in [2.75, 3.05) is 0 Å². The number of nitrogens with one attached hydrogen (secondary N) is 1. The summed E-state index contributed by atoms with van der Waals surface area (Å²) >= 11 is 0. The van der Waals surface area contributed by atoms with E-state index >= 15 is 0 Å². The molecule has 0 bridgehead atoms. The number of hydrogen-bond donors (Lipinski definition) is 1. The van der Waals surface area contributed by atoms with E-state index < -0.39 is 0 Å². The van der Waals surface area contributed by atoms with E-state index in [1.807, 2.05) is 71.3 Å². The number of fused-ring (bicyclic) bond motifs is 4. The van der Waals surface area contributed by atoms with Crippen molar-refractivity contribution in [1.82, 2.24) is 19.9 Å². The molecule has 3 aromatic carbocycles. The van der Waals surface area contributed by atoms with Gasteiger partial charge >= 0.3 is 0 Å². The molecule has 0 atom stereocenters. The number of nitrogens with zero attached hydrogens (tertiary/aromatic N) is 3. The summed E-state index contributed by atoms with van der Waals surface area (Å²) in [6.45, 7) is 0.335. The van der Waals surface area contributed by atoms with Crippen molar-refractivity contribution in [3.8, 4) is 16.9 Å². The van der Waals surface area contributed by atoms with Crippen molar-refractivity contribution in [2.24, 2.45) is 0 Å². The van der Waals surface area contributed by atoms with Crippen molar-refractivity contribution in [2.45, 2.75) is 6.54 Å². The molecule has 6 heteroatoms. The lowest BCUT2D eigenvalue weighted by atomic mass is 10.0. The number of pyridine rings is 1. The highest BCUT2D eigenvalue weighted by atomic mass is 16.1. The smallest absolute Gasteiger partial charge is 0.251 e. The Labute approximate surface area is 189 Å². The summed E-state index contributed by atoms with van der Waals surface area (Å²) < 4.78 is 1.93. The molecule has 1 N–H and O–H groups in total. The minimum absolute atomic E-state index is 0.0398. The number of rotatable bonds is 4. The maximum atomic E-state index is 12.7. The number of carbonyl (C=O) groups is 2. The molecule has 2 heterocycles. The molecule has 0 radical (unpaired) electrons. The standard InChI is InChI=1S/C27H18N4O2/c32-26-21-6-2-1-5-19(21)20-11-10-18(13-22(20)26)27(33)29-15-17-9-12-25(28-14-17)31-16-30-23-7-3-4-8-24(23)31/h1-14,16H,15H2,(H,29,33). The van der Waals surface area contributed by atoms with E-state index in [1.54, 1.807) is 24.7 Å². The van der Waals surface area contributed by atoms with E-state index in [2.05, 4.69) is 15.3 Å². The van der Waals surface area contributed by atoms with Crippen LogP contribution in [-0.4, -0.2) is 26.2 Å². The molecule has 0 aliphatic heterocycles. The molecule has 5 aromatic rings. The minimum atomic E-state index is -0.230. The van der Waals surface area contributed by atoms with Crippen molar-refractivity contribution in [3.05, 3.63) is 114 Å². The third-order valence-electron chi connectivity index (χ3n) is 5.95. The Kier molecular flexibility index (Phi) is 4.36. The number of carbonyl (C=O) groups excluding carboxylic acids is 2. The second kappa shape index (κ2) is 7.53. The monoisotopic (exact) mass is 430 g/mol. The molecule has 0 unspecified atom stereocenters. The van der Waals surface area contributed by atoms with Crippen LogP contribution in [0.15, 0.2) is 91.4 Å². The molecule has 0 fully saturated rings. The molecular weight excluding hydrogens is 412 g/mol. The van der Waals surface area contributed by atoms with E-state index in [1.165, 1.54) is 0 Å². The lowest BCUT2D eigenvalue weighted by molar-refractivity contribution is 0.0951. The Morgan fingerprint density at radius 3 is 2.45 bits per heavy atom. The largest absolute Gasteiger partial charge is 0.348 e. The predicted molar refractivity (Wildman–Crippen MR) is 125 cm³/mol. The van der Waals surface area contributed by atoms with Crippen LogP contribution >= 0.6 is 0 Å². The topological polar surface area (TPSA) is 76.9 Å². The summed E-state index contributed by atoms with van der Waals surface area (Å²) in [7, 11) is 0. The van der Waals surface area contributed by atoms with Crippen LogP contribution in [0.5, 0.6) is 0 Å². The molecule has 1 amide bonds. The van der Waals surface area contributed by atoms with Gasteiger partial charge in [0.1, 0.15) is 12.1 Å². The molecule has 33 heavy (non-hydrogen) atoms.